The van der Waals surface area contributed by atoms with Crippen LogP contribution in [0.4, 0.5) is 0 Å². The second-order valence-corrected chi connectivity index (χ2v) is 7.38. The summed E-state index contributed by atoms with van der Waals surface area (Å²) in [5.41, 5.74) is 0.771. The predicted molar refractivity (Wildman–Crippen MR) is 71.9 cm³/mol. The van der Waals surface area contributed by atoms with E-state index < -0.39 is 10.0 Å². The van der Waals surface area contributed by atoms with Crippen LogP contribution in [0.15, 0.2) is 10.3 Å². The summed E-state index contributed by atoms with van der Waals surface area (Å²) in [5, 5.41) is 0. The first-order valence-corrected chi connectivity index (χ1v) is 7.76. The van der Waals surface area contributed by atoms with Gasteiger partial charge in [0.2, 0.25) is 0 Å². The van der Waals surface area contributed by atoms with Gasteiger partial charge >= 0.3 is 0 Å². The molecule has 0 saturated heterocycles. The second kappa shape index (κ2) is 5.87. The van der Waals surface area contributed by atoms with Gasteiger partial charge in [-0.1, -0.05) is 24.4 Å². The Morgan fingerprint density at radius 1 is 1.59 bits per heavy atom. The third-order valence-electron chi connectivity index (χ3n) is 2.17. The molecule has 1 rings (SSSR count). The van der Waals surface area contributed by atoms with Crippen molar-refractivity contribution in [1.29, 1.82) is 0 Å². The van der Waals surface area contributed by atoms with E-state index in [1.165, 1.54) is 4.31 Å². The molecular formula is C11H14ClNO2S2. The van der Waals surface area contributed by atoms with Gasteiger partial charge in [0.15, 0.2) is 0 Å². The van der Waals surface area contributed by atoms with Gasteiger partial charge in [-0.25, -0.2) is 8.42 Å². The highest BCUT2D eigenvalue weighted by atomic mass is 35.5. The molecule has 0 aliphatic carbocycles. The minimum atomic E-state index is -3.50. The number of hydrogen-bond donors (Lipinski definition) is 0. The normalized spacial score (nSPS) is 11.7. The highest BCUT2D eigenvalue weighted by molar-refractivity contribution is 7.91. The lowest BCUT2D eigenvalue weighted by molar-refractivity contribution is 0.447. The van der Waals surface area contributed by atoms with Crippen molar-refractivity contribution in [1.82, 2.24) is 4.31 Å². The van der Waals surface area contributed by atoms with Crippen molar-refractivity contribution in [3.05, 3.63) is 16.0 Å². The quantitative estimate of drug-likeness (QED) is 0.782. The molecule has 0 bridgehead atoms. The Bertz CT molecular complexity index is 509. The minimum Gasteiger partial charge on any atom is -0.206 e. The fourth-order valence-electron chi connectivity index (χ4n) is 1.32. The molecule has 0 amide bonds. The fraction of sp³-hybridized carbons (Fsp3) is 0.455. The van der Waals surface area contributed by atoms with Crippen LogP contribution in [0.2, 0.25) is 4.34 Å². The first kappa shape index (κ1) is 14.5. The standard InChI is InChI=1S/C11H14ClNO2S2/c1-4-6-13(7-5-2)17(14,15)10-8-9(3)11(12)16-10/h1,8H,5-7H2,2-3H3. The molecule has 3 nitrogen and oxygen atoms in total. The summed E-state index contributed by atoms with van der Waals surface area (Å²) in [6, 6.07) is 1.58. The van der Waals surface area contributed by atoms with Gasteiger partial charge in [-0.2, -0.15) is 4.31 Å². The number of rotatable bonds is 5. The minimum absolute atomic E-state index is 0.0880. The van der Waals surface area contributed by atoms with Gasteiger partial charge in [-0.05, 0) is 25.0 Å². The van der Waals surface area contributed by atoms with Crippen molar-refractivity contribution >= 4 is 33.0 Å². The average Bonchev–Trinajstić information content (AvgIpc) is 2.59. The van der Waals surface area contributed by atoms with E-state index in [-0.39, 0.29) is 10.8 Å². The Morgan fingerprint density at radius 3 is 2.65 bits per heavy atom. The van der Waals surface area contributed by atoms with Crippen LogP contribution in [-0.2, 0) is 10.0 Å². The molecule has 0 aliphatic rings. The van der Waals surface area contributed by atoms with Gasteiger partial charge in [0, 0.05) is 6.54 Å². The monoisotopic (exact) mass is 291 g/mol. The molecule has 0 spiro atoms. The zero-order valence-corrected chi connectivity index (χ0v) is 12.1. The zero-order valence-electron chi connectivity index (χ0n) is 9.73. The summed E-state index contributed by atoms with van der Waals surface area (Å²) in [4.78, 5) is 0. The molecule has 1 heterocycles. The highest BCUT2D eigenvalue weighted by Crippen LogP contribution is 2.31. The number of nitrogens with zero attached hydrogens (tertiary/aromatic N) is 1. The van der Waals surface area contributed by atoms with E-state index >= 15 is 0 Å². The Balaban J connectivity index is 3.12. The van der Waals surface area contributed by atoms with Gasteiger partial charge < -0.3 is 0 Å². The van der Waals surface area contributed by atoms with E-state index in [9.17, 15) is 8.42 Å². The number of hydrogen-bond acceptors (Lipinski definition) is 3. The van der Waals surface area contributed by atoms with E-state index in [0.29, 0.717) is 10.9 Å². The molecule has 94 valence electrons. The number of thiophene rings is 1. The maximum atomic E-state index is 12.3. The van der Waals surface area contributed by atoms with Crippen molar-refractivity contribution in [2.24, 2.45) is 0 Å². The Morgan fingerprint density at radius 2 is 2.24 bits per heavy atom. The molecule has 0 N–H and O–H groups in total. The van der Waals surface area contributed by atoms with Crippen LogP contribution in [0, 0.1) is 19.3 Å². The van der Waals surface area contributed by atoms with E-state index in [0.717, 1.165) is 23.3 Å². The largest absolute Gasteiger partial charge is 0.253 e. The van der Waals surface area contributed by atoms with Crippen LogP contribution in [0.5, 0.6) is 0 Å². The summed E-state index contributed by atoms with van der Waals surface area (Å²) in [6.45, 7) is 4.20. The van der Waals surface area contributed by atoms with Crippen LogP contribution in [0.1, 0.15) is 18.9 Å². The third-order valence-corrected chi connectivity index (χ3v) is 6.02. The molecular weight excluding hydrogens is 278 g/mol. The molecule has 0 aliphatic heterocycles. The topological polar surface area (TPSA) is 37.4 Å². The van der Waals surface area contributed by atoms with Crippen molar-refractivity contribution in [2.45, 2.75) is 24.5 Å². The highest BCUT2D eigenvalue weighted by Gasteiger charge is 2.25. The first-order chi connectivity index (χ1) is 7.93. The molecule has 0 aromatic carbocycles. The maximum absolute atomic E-state index is 12.3. The van der Waals surface area contributed by atoms with E-state index in [1.54, 1.807) is 13.0 Å². The van der Waals surface area contributed by atoms with Gasteiger partial charge in [-0.3, -0.25) is 0 Å². The first-order valence-electron chi connectivity index (χ1n) is 5.13. The number of halogens is 1. The molecule has 0 radical (unpaired) electrons. The zero-order chi connectivity index (χ0) is 13.1. The lowest BCUT2D eigenvalue weighted by Gasteiger charge is -2.17. The molecule has 6 heteroatoms. The summed E-state index contributed by atoms with van der Waals surface area (Å²) in [5.74, 6) is 2.37. The number of terminal acetylenes is 1. The van der Waals surface area contributed by atoms with Crippen molar-refractivity contribution < 1.29 is 8.42 Å². The Hall–Kier alpha value is -0.540. The van der Waals surface area contributed by atoms with E-state index in [4.69, 9.17) is 18.0 Å². The summed E-state index contributed by atoms with van der Waals surface area (Å²) >= 11 is 6.96. The lowest BCUT2D eigenvalue weighted by Crippen LogP contribution is -2.31. The number of sulfonamides is 1. The van der Waals surface area contributed by atoms with Gasteiger partial charge in [0.05, 0.1) is 10.9 Å². The molecule has 0 saturated carbocycles. The smallest absolute Gasteiger partial charge is 0.206 e. The number of aryl methyl sites for hydroxylation is 1. The summed E-state index contributed by atoms with van der Waals surface area (Å²) < 4.78 is 26.6. The van der Waals surface area contributed by atoms with Crippen molar-refractivity contribution in [2.75, 3.05) is 13.1 Å². The van der Waals surface area contributed by atoms with Gasteiger partial charge in [-0.15, -0.1) is 17.8 Å². The van der Waals surface area contributed by atoms with E-state index in [1.807, 2.05) is 6.92 Å². The average molecular weight is 292 g/mol. The van der Waals surface area contributed by atoms with Crippen LogP contribution >= 0.6 is 22.9 Å². The fourth-order valence-corrected chi connectivity index (χ4v) is 4.63. The maximum Gasteiger partial charge on any atom is 0.253 e. The van der Waals surface area contributed by atoms with Gasteiger partial charge in [0.1, 0.15) is 4.21 Å². The predicted octanol–water partition coefficient (Wildman–Crippen LogP) is 2.74. The molecule has 1 aromatic heterocycles. The summed E-state index contributed by atoms with van der Waals surface area (Å²) in [7, 11) is -3.50. The van der Waals surface area contributed by atoms with Crippen molar-refractivity contribution in [3.8, 4) is 12.3 Å². The molecule has 0 unspecified atom stereocenters. The van der Waals surface area contributed by atoms with Crippen LogP contribution in [-0.4, -0.2) is 25.8 Å². The molecule has 17 heavy (non-hydrogen) atoms. The summed E-state index contributed by atoms with van der Waals surface area (Å²) in [6.07, 6.45) is 5.91. The Kier molecular flexibility index (Phi) is 5.02. The van der Waals surface area contributed by atoms with E-state index in [2.05, 4.69) is 5.92 Å². The SMILES string of the molecule is C#CCN(CCC)S(=O)(=O)c1cc(C)c(Cl)s1. The Labute approximate surface area is 111 Å². The molecule has 0 fully saturated rings. The van der Waals surface area contributed by atoms with Crippen LogP contribution in [0.3, 0.4) is 0 Å². The second-order valence-electron chi connectivity index (χ2n) is 3.56. The van der Waals surface area contributed by atoms with Gasteiger partial charge in [0.25, 0.3) is 10.0 Å². The third kappa shape index (κ3) is 3.23. The van der Waals surface area contributed by atoms with Crippen LogP contribution < -0.4 is 0 Å². The molecule has 1 aromatic rings. The lowest BCUT2D eigenvalue weighted by atomic mass is 10.4. The molecule has 0 atom stereocenters. The van der Waals surface area contributed by atoms with Crippen molar-refractivity contribution in [3.63, 3.8) is 0 Å². The van der Waals surface area contributed by atoms with Crippen LogP contribution in [0.25, 0.3) is 0 Å².